The second-order valence-corrected chi connectivity index (χ2v) is 8.25. The molecule has 2 fully saturated rings. The molecule has 1 aromatic heterocycles. The second kappa shape index (κ2) is 8.64. The van der Waals surface area contributed by atoms with Crippen molar-refractivity contribution in [3.8, 4) is 0 Å². The van der Waals surface area contributed by atoms with E-state index in [1.165, 1.54) is 17.0 Å². The van der Waals surface area contributed by atoms with E-state index in [2.05, 4.69) is 15.6 Å². The van der Waals surface area contributed by atoms with Gasteiger partial charge in [-0.2, -0.15) is 13.2 Å². The molecule has 1 aliphatic heterocycles. The SMILES string of the molecule is O=C(NCc1cccnc1)[C@@H]1C[C@@H](O)[C@H](O)[C@@H]2NC(=S)N(c3cccc(C(F)(F)F)c3)[C@H]21. The number of nitrogens with one attached hydrogen (secondary N) is 2. The maximum atomic E-state index is 13.3. The molecule has 1 amide bonds. The van der Waals surface area contributed by atoms with Crippen LogP contribution in [0.5, 0.6) is 0 Å². The van der Waals surface area contributed by atoms with Gasteiger partial charge in [-0.05, 0) is 48.5 Å². The number of rotatable bonds is 4. The molecule has 1 saturated carbocycles. The van der Waals surface area contributed by atoms with Gasteiger partial charge in [0.05, 0.1) is 29.7 Å². The van der Waals surface area contributed by atoms with Gasteiger partial charge in [-0.3, -0.25) is 9.78 Å². The Hall–Kier alpha value is -2.76. The molecular formula is C21H21F3N4O3S. The van der Waals surface area contributed by atoms with Gasteiger partial charge in [-0.15, -0.1) is 0 Å². The van der Waals surface area contributed by atoms with Crippen LogP contribution in [0.2, 0.25) is 0 Å². The predicted molar refractivity (Wildman–Crippen MR) is 113 cm³/mol. The number of carbonyl (C=O) groups excluding carboxylic acids is 1. The number of hydrogen-bond donors (Lipinski definition) is 4. The van der Waals surface area contributed by atoms with Crippen molar-refractivity contribution in [1.29, 1.82) is 0 Å². The number of thiocarbonyl (C=S) groups is 1. The third-order valence-electron chi connectivity index (χ3n) is 5.82. The topological polar surface area (TPSA) is 97.7 Å². The van der Waals surface area contributed by atoms with Crippen molar-refractivity contribution in [2.45, 2.75) is 43.4 Å². The molecule has 0 spiro atoms. The molecule has 4 N–H and O–H groups in total. The molecule has 11 heteroatoms. The maximum absolute atomic E-state index is 13.3. The highest BCUT2D eigenvalue weighted by Gasteiger charge is 2.54. The summed E-state index contributed by atoms with van der Waals surface area (Å²) in [7, 11) is 0. The Kier molecular flexibility index (Phi) is 6.06. The first kappa shape index (κ1) is 22.4. The Morgan fingerprint density at radius 2 is 2.06 bits per heavy atom. The molecule has 0 unspecified atom stereocenters. The first-order valence-electron chi connectivity index (χ1n) is 9.96. The zero-order chi connectivity index (χ0) is 23.0. The van der Waals surface area contributed by atoms with Gasteiger partial charge < -0.3 is 25.7 Å². The molecule has 0 bridgehead atoms. The second-order valence-electron chi connectivity index (χ2n) is 7.86. The van der Waals surface area contributed by atoms with Crippen LogP contribution in [0.4, 0.5) is 18.9 Å². The number of aliphatic hydroxyl groups is 2. The van der Waals surface area contributed by atoms with Crippen molar-refractivity contribution in [3.63, 3.8) is 0 Å². The van der Waals surface area contributed by atoms with E-state index in [4.69, 9.17) is 12.2 Å². The van der Waals surface area contributed by atoms with Crippen LogP contribution in [0.3, 0.4) is 0 Å². The maximum Gasteiger partial charge on any atom is 0.416 e. The molecule has 2 heterocycles. The number of hydrogen-bond acceptors (Lipinski definition) is 5. The molecule has 32 heavy (non-hydrogen) atoms. The number of amides is 1. The summed E-state index contributed by atoms with van der Waals surface area (Å²) < 4.78 is 39.8. The highest BCUT2D eigenvalue weighted by molar-refractivity contribution is 7.80. The zero-order valence-corrected chi connectivity index (χ0v) is 17.5. The van der Waals surface area contributed by atoms with E-state index in [0.29, 0.717) is 0 Å². The minimum Gasteiger partial charge on any atom is -0.390 e. The van der Waals surface area contributed by atoms with Crippen molar-refractivity contribution >= 4 is 28.9 Å². The number of fused-ring (bicyclic) bond motifs is 1. The molecule has 7 nitrogen and oxygen atoms in total. The smallest absolute Gasteiger partial charge is 0.390 e. The lowest BCUT2D eigenvalue weighted by atomic mass is 9.77. The first-order chi connectivity index (χ1) is 15.2. The lowest BCUT2D eigenvalue weighted by molar-refractivity contribution is -0.137. The number of carbonyl (C=O) groups is 1. The van der Waals surface area contributed by atoms with E-state index in [1.807, 2.05) is 0 Å². The normalized spacial score (nSPS) is 27.6. The number of pyridine rings is 1. The molecule has 1 aliphatic carbocycles. The van der Waals surface area contributed by atoms with Crippen molar-refractivity contribution in [2.24, 2.45) is 5.92 Å². The Morgan fingerprint density at radius 3 is 2.75 bits per heavy atom. The molecule has 170 valence electrons. The van der Waals surface area contributed by atoms with Gasteiger partial charge in [-0.25, -0.2) is 0 Å². The summed E-state index contributed by atoms with van der Waals surface area (Å²) in [6.07, 6.45) is -3.84. The fourth-order valence-electron chi connectivity index (χ4n) is 4.30. The van der Waals surface area contributed by atoms with E-state index in [-0.39, 0.29) is 23.8 Å². The van der Waals surface area contributed by atoms with Crippen LogP contribution in [0.15, 0.2) is 48.8 Å². The number of alkyl halides is 3. The number of aliphatic hydroxyl groups excluding tert-OH is 2. The fourth-order valence-corrected chi connectivity index (χ4v) is 4.66. The van der Waals surface area contributed by atoms with Gasteiger partial charge in [0.25, 0.3) is 0 Å². The van der Waals surface area contributed by atoms with Crippen molar-refractivity contribution in [2.75, 3.05) is 4.90 Å². The molecule has 0 radical (unpaired) electrons. The summed E-state index contributed by atoms with van der Waals surface area (Å²) in [5.74, 6) is -1.24. The van der Waals surface area contributed by atoms with E-state index >= 15 is 0 Å². The van der Waals surface area contributed by atoms with Crippen LogP contribution >= 0.6 is 12.2 Å². The van der Waals surface area contributed by atoms with Crippen LogP contribution in [-0.4, -0.2) is 50.5 Å². The highest BCUT2D eigenvalue weighted by Crippen LogP contribution is 2.38. The van der Waals surface area contributed by atoms with Crippen LogP contribution in [0.25, 0.3) is 0 Å². The number of anilines is 1. The van der Waals surface area contributed by atoms with Crippen molar-refractivity contribution in [3.05, 3.63) is 59.9 Å². The van der Waals surface area contributed by atoms with Gasteiger partial charge in [0, 0.05) is 24.6 Å². The quantitative estimate of drug-likeness (QED) is 0.508. The number of benzene rings is 1. The molecule has 1 saturated heterocycles. The van der Waals surface area contributed by atoms with Gasteiger partial charge in [0.15, 0.2) is 5.11 Å². The summed E-state index contributed by atoms with van der Waals surface area (Å²) >= 11 is 5.35. The zero-order valence-electron chi connectivity index (χ0n) is 16.7. The molecular weight excluding hydrogens is 445 g/mol. The van der Waals surface area contributed by atoms with E-state index < -0.39 is 47.9 Å². The third-order valence-corrected chi connectivity index (χ3v) is 6.14. The summed E-state index contributed by atoms with van der Waals surface area (Å²) in [5, 5.41) is 26.6. The van der Waals surface area contributed by atoms with Crippen LogP contribution < -0.4 is 15.5 Å². The molecule has 2 aliphatic rings. The van der Waals surface area contributed by atoms with Crippen molar-refractivity contribution < 1.29 is 28.2 Å². The Morgan fingerprint density at radius 1 is 1.28 bits per heavy atom. The number of aromatic nitrogens is 1. The fraction of sp³-hybridized carbons (Fsp3) is 0.381. The van der Waals surface area contributed by atoms with E-state index in [0.717, 1.165) is 17.7 Å². The van der Waals surface area contributed by atoms with E-state index in [1.54, 1.807) is 24.5 Å². The summed E-state index contributed by atoms with van der Waals surface area (Å²) in [6, 6.07) is 6.55. The Labute approximate surface area is 187 Å². The Bertz CT molecular complexity index is 1010. The third kappa shape index (κ3) is 4.27. The average molecular weight is 466 g/mol. The summed E-state index contributed by atoms with van der Waals surface area (Å²) in [4.78, 5) is 18.5. The average Bonchev–Trinajstić information content (AvgIpc) is 3.12. The molecule has 2 aromatic rings. The van der Waals surface area contributed by atoms with Gasteiger partial charge in [-0.1, -0.05) is 12.1 Å². The van der Waals surface area contributed by atoms with Gasteiger partial charge in [0.2, 0.25) is 5.91 Å². The highest BCUT2D eigenvalue weighted by atomic mass is 32.1. The summed E-state index contributed by atoms with van der Waals surface area (Å²) in [6.45, 7) is 0.195. The Balaban J connectivity index is 1.64. The van der Waals surface area contributed by atoms with Crippen LogP contribution in [0.1, 0.15) is 17.5 Å². The molecule has 1 aromatic carbocycles. The lowest BCUT2D eigenvalue weighted by Gasteiger charge is -2.41. The minimum atomic E-state index is -4.55. The predicted octanol–water partition coefficient (Wildman–Crippen LogP) is 1.59. The van der Waals surface area contributed by atoms with E-state index in [9.17, 15) is 28.2 Å². The van der Waals surface area contributed by atoms with Gasteiger partial charge >= 0.3 is 6.18 Å². The lowest BCUT2D eigenvalue weighted by Crippen LogP contribution is -2.60. The van der Waals surface area contributed by atoms with Crippen LogP contribution in [0, 0.1) is 5.92 Å². The molecule has 5 atom stereocenters. The molecule has 4 rings (SSSR count). The standard InChI is InChI=1S/C21H21F3N4O3S/c22-21(23,24)12-4-1-5-13(7-12)28-17-14(8-15(29)18(30)16(17)27-20(28)32)19(31)26-10-11-3-2-6-25-9-11/h1-7,9,14-18,29-30H,8,10H2,(H,26,31)(H,27,32)/t14-,15-,16-,17+,18+/m1/s1. The number of halogens is 3. The largest absolute Gasteiger partial charge is 0.416 e. The number of nitrogens with zero attached hydrogens (tertiary/aromatic N) is 2. The van der Waals surface area contributed by atoms with Crippen LogP contribution in [-0.2, 0) is 17.5 Å². The monoisotopic (exact) mass is 466 g/mol. The first-order valence-corrected chi connectivity index (χ1v) is 10.4. The minimum absolute atomic E-state index is 0.0685. The van der Waals surface area contributed by atoms with Gasteiger partial charge in [0.1, 0.15) is 6.10 Å². The summed E-state index contributed by atoms with van der Waals surface area (Å²) in [5.41, 5.74) is 0.0669. The van der Waals surface area contributed by atoms with Crippen molar-refractivity contribution in [1.82, 2.24) is 15.6 Å².